The second kappa shape index (κ2) is 7.87. The molecule has 0 fully saturated rings. The Labute approximate surface area is 134 Å². The van der Waals surface area contributed by atoms with E-state index in [1.54, 1.807) is 44.2 Å². The van der Waals surface area contributed by atoms with Crippen molar-refractivity contribution in [1.82, 2.24) is 0 Å². The fraction of sp³-hybridized carbons (Fsp3) is 0.235. The zero-order valence-electron chi connectivity index (χ0n) is 12.9. The van der Waals surface area contributed by atoms with E-state index in [1.165, 1.54) is 0 Å². The van der Waals surface area contributed by atoms with Gasteiger partial charge >= 0.3 is 0 Å². The van der Waals surface area contributed by atoms with Crippen LogP contribution < -0.4 is 10.1 Å². The van der Waals surface area contributed by atoms with Crippen LogP contribution in [0.15, 0.2) is 47.4 Å². The summed E-state index contributed by atoms with van der Waals surface area (Å²) in [5.41, 5.74) is 2.19. The Morgan fingerprint density at radius 3 is 2.68 bits per heavy atom. The number of amides is 1. The van der Waals surface area contributed by atoms with E-state index >= 15 is 0 Å². The number of methoxy groups -OCH3 is 2. The molecule has 1 N–H and O–H groups in total. The number of thioether (sulfide) groups is 1. The number of ether oxygens (including phenoxy) is 2. The number of benzene rings is 2. The minimum absolute atomic E-state index is 0.154. The molecule has 1 amide bonds. The molecule has 0 spiro atoms. The molecule has 0 aliphatic carbocycles. The fourth-order valence-electron chi connectivity index (χ4n) is 2.09. The third kappa shape index (κ3) is 4.02. The van der Waals surface area contributed by atoms with E-state index in [-0.39, 0.29) is 5.91 Å². The summed E-state index contributed by atoms with van der Waals surface area (Å²) in [5, 5.41) is 2.91. The lowest BCUT2D eigenvalue weighted by atomic mass is 10.1. The highest BCUT2D eigenvalue weighted by Crippen LogP contribution is 2.22. The first kappa shape index (κ1) is 16.4. The molecule has 2 aromatic rings. The summed E-state index contributed by atoms with van der Waals surface area (Å²) < 4.78 is 10.4. The van der Waals surface area contributed by atoms with Crippen molar-refractivity contribution in [2.45, 2.75) is 11.5 Å². The number of rotatable bonds is 6. The largest absolute Gasteiger partial charge is 0.496 e. The van der Waals surface area contributed by atoms with Crippen LogP contribution in [0.2, 0.25) is 0 Å². The highest BCUT2D eigenvalue weighted by atomic mass is 32.2. The van der Waals surface area contributed by atoms with Gasteiger partial charge in [0.05, 0.1) is 13.7 Å². The Hall–Kier alpha value is -1.98. The van der Waals surface area contributed by atoms with Crippen molar-refractivity contribution in [1.29, 1.82) is 0 Å². The Bertz CT molecular complexity index is 658. The number of hydrogen-bond donors (Lipinski definition) is 1. The van der Waals surface area contributed by atoms with Crippen molar-refractivity contribution in [3.8, 4) is 5.75 Å². The molecular weight excluding hydrogens is 298 g/mol. The van der Waals surface area contributed by atoms with Gasteiger partial charge in [-0.25, -0.2) is 0 Å². The normalized spacial score (nSPS) is 10.3. The van der Waals surface area contributed by atoms with Crippen molar-refractivity contribution >= 4 is 23.4 Å². The van der Waals surface area contributed by atoms with Crippen LogP contribution in [0.1, 0.15) is 15.9 Å². The number of anilines is 1. The zero-order chi connectivity index (χ0) is 15.9. The van der Waals surface area contributed by atoms with Crippen LogP contribution >= 0.6 is 11.8 Å². The molecule has 0 aliphatic rings. The van der Waals surface area contributed by atoms with Gasteiger partial charge in [0.1, 0.15) is 5.75 Å². The highest BCUT2D eigenvalue weighted by molar-refractivity contribution is 7.98. The maximum atomic E-state index is 12.4. The SMILES string of the molecule is COCc1cc(C(=O)Nc2cccc(SC)c2)ccc1OC. The Morgan fingerprint density at radius 1 is 1.18 bits per heavy atom. The maximum Gasteiger partial charge on any atom is 0.255 e. The lowest BCUT2D eigenvalue weighted by Crippen LogP contribution is -2.12. The first-order valence-corrected chi connectivity index (χ1v) is 8.01. The lowest BCUT2D eigenvalue weighted by Gasteiger charge is -2.11. The fourth-order valence-corrected chi connectivity index (χ4v) is 2.55. The van der Waals surface area contributed by atoms with Gasteiger partial charge < -0.3 is 14.8 Å². The van der Waals surface area contributed by atoms with E-state index in [2.05, 4.69) is 5.32 Å². The second-order valence-electron chi connectivity index (χ2n) is 4.65. The quantitative estimate of drug-likeness (QED) is 0.823. The number of nitrogens with one attached hydrogen (secondary N) is 1. The third-order valence-electron chi connectivity index (χ3n) is 3.17. The molecular formula is C17H19NO3S. The molecule has 0 saturated carbocycles. The van der Waals surface area contributed by atoms with Crippen LogP contribution in [-0.2, 0) is 11.3 Å². The standard InChI is InChI=1S/C17H19NO3S/c1-20-11-13-9-12(7-8-16(13)21-2)17(19)18-14-5-4-6-15(10-14)22-3/h4-10H,11H2,1-3H3,(H,18,19). The van der Waals surface area contributed by atoms with Crippen LogP contribution in [0.5, 0.6) is 5.75 Å². The maximum absolute atomic E-state index is 12.4. The van der Waals surface area contributed by atoms with Crippen LogP contribution in [-0.4, -0.2) is 26.4 Å². The van der Waals surface area contributed by atoms with E-state index in [4.69, 9.17) is 9.47 Å². The summed E-state index contributed by atoms with van der Waals surface area (Å²) in [5.74, 6) is 0.557. The van der Waals surface area contributed by atoms with Crippen LogP contribution in [0, 0.1) is 0 Å². The molecule has 0 atom stereocenters. The van der Waals surface area contributed by atoms with Crippen molar-refractivity contribution in [2.75, 3.05) is 25.8 Å². The van der Waals surface area contributed by atoms with Gasteiger partial charge in [0.15, 0.2) is 0 Å². The Kier molecular flexibility index (Phi) is 5.86. The highest BCUT2D eigenvalue weighted by Gasteiger charge is 2.10. The number of carbonyl (C=O) groups excluding carboxylic acids is 1. The van der Waals surface area contributed by atoms with Gasteiger partial charge in [-0.05, 0) is 42.7 Å². The van der Waals surface area contributed by atoms with E-state index in [0.29, 0.717) is 17.9 Å². The van der Waals surface area contributed by atoms with Crippen molar-refractivity contribution in [3.05, 3.63) is 53.6 Å². The number of carbonyl (C=O) groups is 1. The van der Waals surface area contributed by atoms with Crippen molar-refractivity contribution in [3.63, 3.8) is 0 Å². The molecule has 4 nitrogen and oxygen atoms in total. The molecule has 5 heteroatoms. The lowest BCUT2D eigenvalue weighted by molar-refractivity contribution is 0.102. The van der Waals surface area contributed by atoms with E-state index in [1.807, 2.05) is 30.5 Å². The molecule has 0 bridgehead atoms. The van der Waals surface area contributed by atoms with Gasteiger partial charge in [-0.1, -0.05) is 6.07 Å². The van der Waals surface area contributed by atoms with Crippen LogP contribution in [0.25, 0.3) is 0 Å². The molecule has 22 heavy (non-hydrogen) atoms. The average Bonchev–Trinajstić information content (AvgIpc) is 2.55. The summed E-state index contributed by atoms with van der Waals surface area (Å²) in [6.45, 7) is 0.395. The van der Waals surface area contributed by atoms with Gasteiger partial charge in [0.25, 0.3) is 5.91 Å². The van der Waals surface area contributed by atoms with Crippen LogP contribution in [0.3, 0.4) is 0 Å². The van der Waals surface area contributed by atoms with E-state index < -0.39 is 0 Å². The summed E-state index contributed by atoms with van der Waals surface area (Å²) in [7, 11) is 3.21. The minimum Gasteiger partial charge on any atom is -0.496 e. The Balaban J connectivity index is 2.19. The third-order valence-corrected chi connectivity index (χ3v) is 3.90. The second-order valence-corrected chi connectivity index (χ2v) is 5.53. The smallest absolute Gasteiger partial charge is 0.255 e. The molecule has 2 rings (SSSR count). The first-order valence-electron chi connectivity index (χ1n) is 6.79. The predicted octanol–water partition coefficient (Wildman–Crippen LogP) is 3.82. The molecule has 2 aromatic carbocycles. The molecule has 0 unspecified atom stereocenters. The average molecular weight is 317 g/mol. The summed E-state index contributed by atoms with van der Waals surface area (Å²) in [6.07, 6.45) is 2.00. The van der Waals surface area contributed by atoms with Gasteiger partial charge in [-0.3, -0.25) is 4.79 Å². The Morgan fingerprint density at radius 2 is 2.00 bits per heavy atom. The summed E-state index contributed by atoms with van der Waals surface area (Å²) >= 11 is 1.64. The number of hydrogen-bond acceptors (Lipinski definition) is 4. The molecule has 116 valence electrons. The molecule has 0 heterocycles. The van der Waals surface area contributed by atoms with Gasteiger partial charge in [-0.15, -0.1) is 11.8 Å². The van der Waals surface area contributed by atoms with Crippen molar-refractivity contribution in [2.24, 2.45) is 0 Å². The van der Waals surface area contributed by atoms with Crippen LogP contribution in [0.4, 0.5) is 5.69 Å². The molecule has 0 radical (unpaired) electrons. The molecule has 0 saturated heterocycles. The monoisotopic (exact) mass is 317 g/mol. The summed E-state index contributed by atoms with van der Waals surface area (Å²) in [4.78, 5) is 13.5. The van der Waals surface area contributed by atoms with Gasteiger partial charge in [0.2, 0.25) is 0 Å². The molecule has 0 aromatic heterocycles. The van der Waals surface area contributed by atoms with Gasteiger partial charge in [-0.2, -0.15) is 0 Å². The topological polar surface area (TPSA) is 47.6 Å². The predicted molar refractivity (Wildman–Crippen MR) is 89.9 cm³/mol. The van der Waals surface area contributed by atoms with Gasteiger partial charge in [0, 0.05) is 28.8 Å². The van der Waals surface area contributed by atoms with Crippen molar-refractivity contribution < 1.29 is 14.3 Å². The van der Waals surface area contributed by atoms with E-state index in [0.717, 1.165) is 16.1 Å². The first-order chi connectivity index (χ1) is 10.7. The molecule has 0 aliphatic heterocycles. The summed E-state index contributed by atoms with van der Waals surface area (Å²) in [6, 6.07) is 13.1. The zero-order valence-corrected chi connectivity index (χ0v) is 13.7. The minimum atomic E-state index is -0.154. The van der Waals surface area contributed by atoms with E-state index in [9.17, 15) is 4.79 Å².